The molecule has 1 aromatic heterocycles. The van der Waals surface area contributed by atoms with Gasteiger partial charge in [-0.15, -0.1) is 0 Å². The molecule has 0 unspecified atom stereocenters. The van der Waals surface area contributed by atoms with Gasteiger partial charge in [0.1, 0.15) is 0 Å². The third-order valence-electron chi connectivity index (χ3n) is 6.57. The molecule has 0 aliphatic carbocycles. The van der Waals surface area contributed by atoms with Crippen LogP contribution in [0.2, 0.25) is 0 Å². The maximum Gasteiger partial charge on any atom is 0.307 e. The molecule has 1 aliphatic heterocycles. The molecule has 2 N–H and O–H groups in total. The molecular weight excluding hydrogens is 464 g/mol. The maximum absolute atomic E-state index is 11.7. The molecule has 3 rings (SSSR count). The van der Waals surface area contributed by atoms with Gasteiger partial charge in [-0.25, -0.2) is 0 Å². The van der Waals surface area contributed by atoms with Crippen molar-refractivity contribution < 1.29 is 14.4 Å². The molecule has 7 nitrogen and oxygen atoms in total. The van der Waals surface area contributed by atoms with Crippen LogP contribution in [0.1, 0.15) is 65.4 Å². The fourth-order valence-corrected chi connectivity index (χ4v) is 4.46. The number of benzene rings is 1. The van der Waals surface area contributed by atoms with E-state index in [0.717, 1.165) is 41.5 Å². The van der Waals surface area contributed by atoms with E-state index in [1.165, 1.54) is 37.6 Å². The highest BCUT2D eigenvalue weighted by molar-refractivity contribution is 5.98. The molecule has 7 heteroatoms. The Kier molecular flexibility index (Phi) is 12.7. The number of ether oxygens (including phenoxy) is 1. The van der Waals surface area contributed by atoms with Crippen molar-refractivity contribution >= 4 is 23.1 Å². The summed E-state index contributed by atoms with van der Waals surface area (Å²) < 4.78 is 7.09. The van der Waals surface area contributed by atoms with Crippen molar-refractivity contribution in [3.8, 4) is 0 Å². The molecule has 0 bridgehead atoms. The zero-order valence-electron chi connectivity index (χ0n) is 23.3. The summed E-state index contributed by atoms with van der Waals surface area (Å²) in [4.78, 5) is 19.8. The third kappa shape index (κ3) is 8.64. The summed E-state index contributed by atoms with van der Waals surface area (Å²) in [7, 11) is 1.50. The molecule has 2 aromatic rings. The van der Waals surface area contributed by atoms with Crippen LogP contribution in [0.15, 0.2) is 70.9 Å². The maximum atomic E-state index is 11.7. The highest BCUT2D eigenvalue weighted by Gasteiger charge is 2.13. The lowest BCUT2D eigenvalue weighted by molar-refractivity contribution is -0.143. The summed E-state index contributed by atoms with van der Waals surface area (Å²) in [5.74, 6) is 0.354. The molecule has 1 aromatic carbocycles. The highest BCUT2D eigenvalue weighted by Crippen LogP contribution is 2.23. The third-order valence-corrected chi connectivity index (χ3v) is 6.57. The predicted molar refractivity (Wildman–Crippen MR) is 153 cm³/mol. The van der Waals surface area contributed by atoms with Crippen molar-refractivity contribution in [3.63, 3.8) is 0 Å². The van der Waals surface area contributed by atoms with Crippen LogP contribution in [-0.4, -0.2) is 48.4 Å². The summed E-state index contributed by atoms with van der Waals surface area (Å²) in [5, 5.41) is 5.26. The average molecular weight is 509 g/mol. The number of oxime groups is 1. The van der Waals surface area contributed by atoms with Gasteiger partial charge in [-0.1, -0.05) is 36.9 Å². The number of nitrogens with two attached hydrogens (primary N) is 1. The van der Waals surface area contributed by atoms with Gasteiger partial charge >= 0.3 is 5.97 Å². The number of aromatic nitrogens is 1. The Bertz CT molecular complexity index is 1120. The quantitative estimate of drug-likeness (QED) is 0.129. The number of nitrogens with zero attached hydrogens (tertiary/aromatic N) is 3. The summed E-state index contributed by atoms with van der Waals surface area (Å²) in [6.07, 6.45) is 11.0. The van der Waals surface area contributed by atoms with Crippen LogP contribution in [0.5, 0.6) is 0 Å². The Balaban J connectivity index is 0.00000235. The smallest absolute Gasteiger partial charge is 0.307 e. The number of esters is 1. The largest absolute Gasteiger partial charge is 0.466 e. The van der Waals surface area contributed by atoms with Crippen LogP contribution in [0, 0.1) is 0 Å². The molecule has 37 heavy (non-hydrogen) atoms. The summed E-state index contributed by atoms with van der Waals surface area (Å²) in [5.41, 5.74) is 10.1. The Morgan fingerprint density at radius 3 is 2.54 bits per heavy atom. The first-order chi connectivity index (χ1) is 17.9. The first-order valence-corrected chi connectivity index (χ1v) is 13.3. The zero-order chi connectivity index (χ0) is 27.2. The van der Waals surface area contributed by atoms with Gasteiger partial charge in [-0.3, -0.25) is 4.79 Å². The zero-order valence-corrected chi connectivity index (χ0v) is 23.3. The number of rotatable bonds is 11. The van der Waals surface area contributed by atoms with Crippen LogP contribution < -0.4 is 5.73 Å². The molecular formula is C30H44N4O3. The second-order valence-corrected chi connectivity index (χ2v) is 8.93. The highest BCUT2D eigenvalue weighted by atomic mass is 16.6. The summed E-state index contributed by atoms with van der Waals surface area (Å²) in [6, 6.07) is 8.04. The number of aryl methyl sites for hydroxylation is 1. The molecule has 0 amide bonds. The molecule has 0 spiro atoms. The Morgan fingerprint density at radius 2 is 1.86 bits per heavy atom. The van der Waals surface area contributed by atoms with E-state index in [9.17, 15) is 4.79 Å². The minimum atomic E-state index is -0.186. The lowest BCUT2D eigenvalue weighted by atomic mass is 10.0. The Labute approximate surface area is 222 Å². The molecule has 1 saturated heterocycles. The average Bonchev–Trinajstić information content (AvgIpc) is 3.35. The number of likely N-dealkylation sites (tertiary alicyclic amines) is 1. The van der Waals surface area contributed by atoms with Crippen molar-refractivity contribution in [1.29, 1.82) is 0 Å². The molecule has 0 saturated carbocycles. The fraction of sp³-hybridized carbons (Fsp3) is 0.467. The second-order valence-electron chi connectivity index (χ2n) is 8.93. The van der Waals surface area contributed by atoms with Gasteiger partial charge < -0.3 is 24.8 Å². The van der Waals surface area contributed by atoms with Crippen LogP contribution in [0.25, 0.3) is 10.9 Å². The number of hydrogen-bond donors (Lipinski definition) is 1. The van der Waals surface area contributed by atoms with Gasteiger partial charge in [-0.2, -0.15) is 0 Å². The van der Waals surface area contributed by atoms with Gasteiger partial charge in [0.25, 0.3) is 0 Å². The Morgan fingerprint density at radius 1 is 1.14 bits per heavy atom. The molecule has 2 heterocycles. The first kappa shape index (κ1) is 29.9. The van der Waals surface area contributed by atoms with E-state index in [1.807, 2.05) is 44.3 Å². The van der Waals surface area contributed by atoms with E-state index in [2.05, 4.69) is 46.9 Å². The topological polar surface area (TPSA) is 82.1 Å². The van der Waals surface area contributed by atoms with E-state index < -0.39 is 0 Å². The van der Waals surface area contributed by atoms with Crippen molar-refractivity contribution in [2.24, 2.45) is 10.9 Å². The molecule has 1 fully saturated rings. The lowest BCUT2D eigenvalue weighted by Crippen LogP contribution is -2.28. The second kappa shape index (κ2) is 15.7. The number of carbonyl (C=O) groups excluding carboxylic acids is 1. The van der Waals surface area contributed by atoms with Crippen molar-refractivity contribution in [2.45, 2.75) is 66.3 Å². The molecule has 1 aliphatic rings. The van der Waals surface area contributed by atoms with Crippen molar-refractivity contribution in [2.75, 3.05) is 26.7 Å². The molecule has 0 radical (unpaired) electrons. The van der Waals surface area contributed by atoms with Gasteiger partial charge in [0.05, 0.1) is 19.2 Å². The Hall–Kier alpha value is -3.32. The SMILES string of the molecule is C=C(O/N=C/c1cccc2c1ccn2CCC(=O)OCC)/C(C)=C/C(CC)=C(\C)N1CCCCC1.CN. The van der Waals surface area contributed by atoms with Gasteiger partial charge in [0.2, 0.25) is 0 Å². The summed E-state index contributed by atoms with van der Waals surface area (Å²) in [6.45, 7) is 15.6. The minimum absolute atomic E-state index is 0.186. The fourth-order valence-electron chi connectivity index (χ4n) is 4.46. The standard InChI is InChI=1S/C29H39N3O3.CH5N/c1-6-25(23(4)31-16-9-8-10-17-31)20-22(3)24(5)35-30-21-26-12-11-13-28-27(26)14-18-32(28)19-15-29(33)34-7-2;1-2/h11-14,18,20-21H,5-10,15-17,19H2,1-4H3;2H2,1H3/b22-20+,25-23+,30-21+;. The van der Waals surface area contributed by atoms with Crippen molar-refractivity contribution in [1.82, 2.24) is 9.47 Å². The number of allylic oxidation sites excluding steroid dienone is 4. The molecule has 202 valence electrons. The normalized spacial score (nSPS) is 14.8. The van der Waals surface area contributed by atoms with E-state index in [0.29, 0.717) is 25.3 Å². The van der Waals surface area contributed by atoms with E-state index >= 15 is 0 Å². The minimum Gasteiger partial charge on any atom is -0.466 e. The van der Waals surface area contributed by atoms with E-state index in [4.69, 9.17) is 9.57 Å². The van der Waals surface area contributed by atoms with Crippen molar-refractivity contribution in [3.05, 3.63) is 71.3 Å². The van der Waals surface area contributed by atoms with Crippen LogP contribution in [0.4, 0.5) is 0 Å². The van der Waals surface area contributed by atoms with Gasteiger partial charge in [-0.05, 0) is 76.8 Å². The number of hydrogen-bond acceptors (Lipinski definition) is 6. The number of piperidine rings is 1. The van der Waals surface area contributed by atoms with Gasteiger partial charge in [0, 0.05) is 48.0 Å². The van der Waals surface area contributed by atoms with Crippen LogP contribution in [0.3, 0.4) is 0 Å². The van der Waals surface area contributed by atoms with Gasteiger partial charge in [0.15, 0.2) is 5.76 Å². The monoisotopic (exact) mass is 508 g/mol. The number of fused-ring (bicyclic) bond motifs is 1. The first-order valence-electron chi connectivity index (χ1n) is 13.3. The van der Waals surface area contributed by atoms with E-state index in [1.54, 1.807) is 6.21 Å². The summed E-state index contributed by atoms with van der Waals surface area (Å²) >= 11 is 0. The predicted octanol–water partition coefficient (Wildman–Crippen LogP) is 6.15. The van der Waals surface area contributed by atoms with Crippen LogP contribution >= 0.6 is 0 Å². The lowest BCUT2D eigenvalue weighted by Gasteiger charge is -2.31. The van der Waals surface area contributed by atoms with E-state index in [-0.39, 0.29) is 5.97 Å². The van der Waals surface area contributed by atoms with Crippen LogP contribution in [-0.2, 0) is 20.9 Å². The molecule has 0 atom stereocenters. The number of carbonyl (C=O) groups is 1.